The van der Waals surface area contributed by atoms with Crippen molar-refractivity contribution in [3.63, 3.8) is 0 Å². The van der Waals surface area contributed by atoms with Gasteiger partial charge in [0, 0.05) is 0 Å². The first-order valence-electron chi connectivity index (χ1n) is 5.69. The standard InChI is InChI=1S/C13H20O2/c1-4-11(5-2)15-13-9-7-12(8-10-13)14-6-3/h7-11H,4-6H2,1-3H3. The van der Waals surface area contributed by atoms with Crippen LogP contribution >= 0.6 is 0 Å². The third kappa shape index (κ3) is 3.82. The summed E-state index contributed by atoms with van der Waals surface area (Å²) in [5.74, 6) is 1.82. The molecule has 0 aliphatic carbocycles. The number of hydrogen-bond acceptors (Lipinski definition) is 2. The van der Waals surface area contributed by atoms with Crippen molar-refractivity contribution < 1.29 is 9.47 Å². The van der Waals surface area contributed by atoms with E-state index in [0.717, 1.165) is 24.3 Å². The average Bonchev–Trinajstić information content (AvgIpc) is 2.28. The minimum Gasteiger partial charge on any atom is -0.494 e. The Bertz CT molecular complexity index is 262. The van der Waals surface area contributed by atoms with Crippen molar-refractivity contribution in [2.45, 2.75) is 39.7 Å². The van der Waals surface area contributed by atoms with Crippen LogP contribution in [-0.4, -0.2) is 12.7 Å². The minimum atomic E-state index is 0.322. The Morgan fingerprint density at radius 3 is 1.93 bits per heavy atom. The van der Waals surface area contributed by atoms with Crippen molar-refractivity contribution in [2.24, 2.45) is 0 Å². The fourth-order valence-corrected chi connectivity index (χ4v) is 1.43. The third-order valence-electron chi connectivity index (χ3n) is 2.35. The Hall–Kier alpha value is -1.18. The summed E-state index contributed by atoms with van der Waals surface area (Å²) < 4.78 is 11.2. The van der Waals surface area contributed by atoms with Gasteiger partial charge in [-0.3, -0.25) is 0 Å². The monoisotopic (exact) mass is 208 g/mol. The molecule has 2 heteroatoms. The van der Waals surface area contributed by atoms with Crippen LogP contribution in [0.3, 0.4) is 0 Å². The number of benzene rings is 1. The lowest BCUT2D eigenvalue weighted by Gasteiger charge is -2.15. The third-order valence-corrected chi connectivity index (χ3v) is 2.35. The van der Waals surface area contributed by atoms with Crippen molar-refractivity contribution >= 4 is 0 Å². The van der Waals surface area contributed by atoms with E-state index in [1.54, 1.807) is 0 Å². The molecule has 1 aromatic rings. The van der Waals surface area contributed by atoms with E-state index in [9.17, 15) is 0 Å². The second-order valence-corrected chi connectivity index (χ2v) is 3.46. The normalized spacial score (nSPS) is 10.4. The smallest absolute Gasteiger partial charge is 0.119 e. The summed E-state index contributed by atoms with van der Waals surface area (Å²) in [4.78, 5) is 0. The zero-order valence-electron chi connectivity index (χ0n) is 9.82. The van der Waals surface area contributed by atoms with Crippen LogP contribution in [0.5, 0.6) is 11.5 Å². The summed E-state index contributed by atoms with van der Waals surface area (Å²) in [6, 6.07) is 7.81. The molecule has 1 rings (SSSR count). The van der Waals surface area contributed by atoms with E-state index >= 15 is 0 Å². The molecule has 0 N–H and O–H groups in total. The van der Waals surface area contributed by atoms with Crippen LogP contribution < -0.4 is 9.47 Å². The molecule has 0 aliphatic heterocycles. The van der Waals surface area contributed by atoms with E-state index in [0.29, 0.717) is 12.7 Å². The predicted molar refractivity (Wildman–Crippen MR) is 62.6 cm³/mol. The zero-order valence-corrected chi connectivity index (χ0v) is 9.82. The maximum absolute atomic E-state index is 5.79. The quantitative estimate of drug-likeness (QED) is 0.710. The lowest BCUT2D eigenvalue weighted by Crippen LogP contribution is -2.13. The second kappa shape index (κ2) is 6.33. The first kappa shape index (κ1) is 11.9. The fourth-order valence-electron chi connectivity index (χ4n) is 1.43. The van der Waals surface area contributed by atoms with Gasteiger partial charge in [0.25, 0.3) is 0 Å². The molecule has 0 amide bonds. The van der Waals surface area contributed by atoms with Crippen LogP contribution in [0.2, 0.25) is 0 Å². The van der Waals surface area contributed by atoms with Gasteiger partial charge in [-0.1, -0.05) is 13.8 Å². The lowest BCUT2D eigenvalue weighted by atomic mass is 10.2. The van der Waals surface area contributed by atoms with E-state index < -0.39 is 0 Å². The second-order valence-electron chi connectivity index (χ2n) is 3.46. The largest absolute Gasteiger partial charge is 0.494 e. The van der Waals surface area contributed by atoms with Gasteiger partial charge in [0.15, 0.2) is 0 Å². The Labute approximate surface area is 92.2 Å². The Kier molecular flexibility index (Phi) is 5.02. The highest BCUT2D eigenvalue weighted by atomic mass is 16.5. The maximum Gasteiger partial charge on any atom is 0.119 e. The van der Waals surface area contributed by atoms with Crippen LogP contribution in [0.1, 0.15) is 33.6 Å². The maximum atomic E-state index is 5.79. The molecular formula is C13H20O2. The topological polar surface area (TPSA) is 18.5 Å². The molecule has 15 heavy (non-hydrogen) atoms. The molecule has 0 fully saturated rings. The Morgan fingerprint density at radius 2 is 1.47 bits per heavy atom. The molecule has 0 saturated carbocycles. The summed E-state index contributed by atoms with van der Waals surface area (Å²) >= 11 is 0. The van der Waals surface area contributed by atoms with E-state index in [1.807, 2.05) is 31.2 Å². The highest BCUT2D eigenvalue weighted by molar-refractivity contribution is 5.31. The average molecular weight is 208 g/mol. The summed E-state index contributed by atoms with van der Waals surface area (Å²) in [6.45, 7) is 6.97. The van der Waals surface area contributed by atoms with E-state index in [2.05, 4.69) is 13.8 Å². The zero-order chi connectivity index (χ0) is 11.1. The van der Waals surface area contributed by atoms with Gasteiger partial charge >= 0.3 is 0 Å². The molecule has 0 saturated heterocycles. The molecule has 0 spiro atoms. The number of rotatable bonds is 6. The fraction of sp³-hybridized carbons (Fsp3) is 0.538. The van der Waals surface area contributed by atoms with Crippen LogP contribution in [0, 0.1) is 0 Å². The van der Waals surface area contributed by atoms with Crippen LogP contribution in [0.15, 0.2) is 24.3 Å². The van der Waals surface area contributed by atoms with Gasteiger partial charge in [0.05, 0.1) is 12.7 Å². The molecular weight excluding hydrogens is 188 g/mol. The van der Waals surface area contributed by atoms with Crippen LogP contribution in [0.25, 0.3) is 0 Å². The van der Waals surface area contributed by atoms with Crippen molar-refractivity contribution in [1.29, 1.82) is 0 Å². The summed E-state index contributed by atoms with van der Waals surface area (Å²) in [5.41, 5.74) is 0. The first-order valence-corrected chi connectivity index (χ1v) is 5.69. The Balaban J connectivity index is 2.55. The van der Waals surface area contributed by atoms with Gasteiger partial charge in [-0.15, -0.1) is 0 Å². The number of ether oxygens (including phenoxy) is 2. The van der Waals surface area contributed by atoms with Gasteiger partial charge in [-0.2, -0.15) is 0 Å². The first-order chi connectivity index (χ1) is 7.30. The SMILES string of the molecule is CCOc1ccc(OC(CC)CC)cc1. The van der Waals surface area contributed by atoms with Gasteiger partial charge in [0.2, 0.25) is 0 Å². The highest BCUT2D eigenvalue weighted by Gasteiger charge is 2.04. The van der Waals surface area contributed by atoms with Crippen LogP contribution in [-0.2, 0) is 0 Å². The lowest BCUT2D eigenvalue weighted by molar-refractivity contribution is 0.192. The highest BCUT2D eigenvalue weighted by Crippen LogP contribution is 2.19. The number of hydrogen-bond donors (Lipinski definition) is 0. The van der Waals surface area contributed by atoms with Crippen LogP contribution in [0.4, 0.5) is 0 Å². The minimum absolute atomic E-state index is 0.322. The summed E-state index contributed by atoms with van der Waals surface area (Å²) in [5, 5.41) is 0. The van der Waals surface area contributed by atoms with Crippen molar-refractivity contribution in [3.05, 3.63) is 24.3 Å². The molecule has 0 unspecified atom stereocenters. The van der Waals surface area contributed by atoms with Gasteiger partial charge in [-0.25, -0.2) is 0 Å². The molecule has 0 radical (unpaired) electrons. The van der Waals surface area contributed by atoms with Crippen molar-refractivity contribution in [3.8, 4) is 11.5 Å². The van der Waals surface area contributed by atoms with Gasteiger partial charge < -0.3 is 9.47 Å². The molecule has 0 bridgehead atoms. The molecule has 2 nitrogen and oxygen atoms in total. The summed E-state index contributed by atoms with van der Waals surface area (Å²) in [6.07, 6.45) is 2.41. The van der Waals surface area contributed by atoms with E-state index in [-0.39, 0.29) is 0 Å². The van der Waals surface area contributed by atoms with E-state index in [1.165, 1.54) is 0 Å². The molecule has 0 heterocycles. The molecule has 0 aliphatic rings. The van der Waals surface area contributed by atoms with Gasteiger partial charge in [-0.05, 0) is 44.0 Å². The molecule has 1 aromatic carbocycles. The molecule has 84 valence electrons. The predicted octanol–water partition coefficient (Wildman–Crippen LogP) is 3.65. The van der Waals surface area contributed by atoms with E-state index in [4.69, 9.17) is 9.47 Å². The summed E-state index contributed by atoms with van der Waals surface area (Å²) in [7, 11) is 0. The van der Waals surface area contributed by atoms with Gasteiger partial charge in [0.1, 0.15) is 11.5 Å². The Morgan fingerprint density at radius 1 is 0.933 bits per heavy atom. The van der Waals surface area contributed by atoms with Crippen molar-refractivity contribution in [2.75, 3.05) is 6.61 Å². The van der Waals surface area contributed by atoms with Crippen molar-refractivity contribution in [1.82, 2.24) is 0 Å². The molecule has 0 atom stereocenters. The molecule has 0 aromatic heterocycles.